The number of para-hydroxylation sites is 1. The molecule has 2 aromatic carbocycles. The van der Waals surface area contributed by atoms with Crippen LogP contribution in [0.15, 0.2) is 36.4 Å². The zero-order valence-corrected chi connectivity index (χ0v) is 18.3. The van der Waals surface area contributed by atoms with E-state index in [0.717, 1.165) is 36.0 Å². The van der Waals surface area contributed by atoms with Crippen LogP contribution in [-0.4, -0.2) is 22.1 Å². The molecule has 5 rings (SSSR count). The van der Waals surface area contributed by atoms with Gasteiger partial charge in [-0.05, 0) is 80.7 Å². The normalized spacial score (nSPS) is 21.5. The molecular formula is C24H27ClFN5. The fraction of sp³-hybridized carbons (Fsp3) is 0.417. The van der Waals surface area contributed by atoms with Gasteiger partial charge in [-0.3, -0.25) is 0 Å². The highest BCUT2D eigenvalue weighted by Crippen LogP contribution is 2.36. The average Bonchev–Trinajstić information content (AvgIpc) is 3.56. The van der Waals surface area contributed by atoms with Gasteiger partial charge in [0.2, 0.25) is 5.95 Å². The van der Waals surface area contributed by atoms with E-state index in [9.17, 15) is 4.39 Å². The summed E-state index contributed by atoms with van der Waals surface area (Å²) in [6, 6.07) is 11.5. The third-order valence-corrected chi connectivity index (χ3v) is 6.75. The zero-order chi connectivity index (χ0) is 21.5. The van der Waals surface area contributed by atoms with Crippen LogP contribution in [-0.2, 0) is 6.42 Å². The molecule has 1 heterocycles. The molecule has 7 heteroatoms. The summed E-state index contributed by atoms with van der Waals surface area (Å²) in [7, 11) is 0. The first-order chi connectivity index (χ1) is 15.0. The Labute approximate surface area is 186 Å². The maximum atomic E-state index is 13.6. The Hall–Kier alpha value is -2.44. The van der Waals surface area contributed by atoms with Gasteiger partial charge in [0.05, 0.1) is 10.5 Å². The van der Waals surface area contributed by atoms with E-state index in [4.69, 9.17) is 27.3 Å². The number of halogens is 2. The molecule has 5 nitrogen and oxygen atoms in total. The molecule has 2 aliphatic rings. The lowest BCUT2D eigenvalue weighted by molar-refractivity contribution is 0.265. The molecule has 2 aliphatic carbocycles. The predicted octanol–water partition coefficient (Wildman–Crippen LogP) is 5.66. The van der Waals surface area contributed by atoms with Crippen LogP contribution in [0.4, 0.5) is 21.8 Å². The number of aromatic nitrogens is 2. The van der Waals surface area contributed by atoms with Gasteiger partial charge in [-0.2, -0.15) is 4.98 Å². The van der Waals surface area contributed by atoms with E-state index in [2.05, 4.69) is 35.8 Å². The molecule has 162 valence electrons. The van der Waals surface area contributed by atoms with Crippen LogP contribution < -0.4 is 16.4 Å². The van der Waals surface area contributed by atoms with Crippen LogP contribution in [0.5, 0.6) is 0 Å². The van der Waals surface area contributed by atoms with E-state index in [1.54, 1.807) is 12.1 Å². The van der Waals surface area contributed by atoms with Gasteiger partial charge in [-0.15, -0.1) is 0 Å². The molecule has 0 amide bonds. The molecule has 0 radical (unpaired) electrons. The number of nitrogens with zero attached hydrogens (tertiary/aromatic N) is 2. The van der Waals surface area contributed by atoms with Crippen molar-refractivity contribution in [1.29, 1.82) is 0 Å². The summed E-state index contributed by atoms with van der Waals surface area (Å²) in [4.78, 5) is 9.63. The standard InChI is InChI=1S/C24H27ClFN5/c1-13(15-5-6-15)28-23-19-4-2-3-16(9-14-10-17(27)11-14)22(19)30-24(31-23)29-18-7-8-21(26)20(25)12-18/h2-4,7-8,12-15,17H,5-6,9-11,27H2,1H3,(H2,28,29,30,31)/t13-,14?,17?/m1/s1. The van der Waals surface area contributed by atoms with Crippen molar-refractivity contribution in [2.45, 2.75) is 51.1 Å². The minimum atomic E-state index is -0.451. The maximum absolute atomic E-state index is 13.6. The third kappa shape index (κ3) is 4.46. The topological polar surface area (TPSA) is 75.9 Å². The van der Waals surface area contributed by atoms with Crippen molar-refractivity contribution in [2.75, 3.05) is 10.6 Å². The fourth-order valence-electron chi connectivity index (χ4n) is 4.44. The second kappa shape index (κ2) is 8.24. The minimum Gasteiger partial charge on any atom is -0.367 e. The number of hydrogen-bond donors (Lipinski definition) is 3. The second-order valence-corrected chi connectivity index (χ2v) is 9.44. The van der Waals surface area contributed by atoms with Crippen molar-refractivity contribution in [3.8, 4) is 0 Å². The van der Waals surface area contributed by atoms with E-state index < -0.39 is 5.82 Å². The van der Waals surface area contributed by atoms with Crippen molar-refractivity contribution >= 4 is 40.0 Å². The summed E-state index contributed by atoms with van der Waals surface area (Å²) >= 11 is 5.96. The monoisotopic (exact) mass is 439 g/mol. The lowest BCUT2D eigenvalue weighted by atomic mass is 9.77. The summed E-state index contributed by atoms with van der Waals surface area (Å²) in [5.41, 5.74) is 8.80. The zero-order valence-electron chi connectivity index (χ0n) is 17.5. The Morgan fingerprint density at radius 1 is 1.19 bits per heavy atom. The van der Waals surface area contributed by atoms with Gasteiger partial charge in [-0.1, -0.05) is 23.7 Å². The lowest BCUT2D eigenvalue weighted by Crippen LogP contribution is -2.37. The third-order valence-electron chi connectivity index (χ3n) is 6.46. The summed E-state index contributed by atoms with van der Waals surface area (Å²) in [5.74, 6) is 2.14. The number of benzene rings is 2. The molecule has 0 unspecified atom stereocenters. The first-order valence-electron chi connectivity index (χ1n) is 11.0. The van der Waals surface area contributed by atoms with Gasteiger partial charge in [0, 0.05) is 23.2 Å². The summed E-state index contributed by atoms with van der Waals surface area (Å²) in [6.07, 6.45) is 5.59. The van der Waals surface area contributed by atoms with Crippen LogP contribution in [0.25, 0.3) is 10.9 Å². The molecule has 2 fully saturated rings. The predicted molar refractivity (Wildman–Crippen MR) is 124 cm³/mol. The Kier molecular flexibility index (Phi) is 5.44. The summed E-state index contributed by atoms with van der Waals surface area (Å²) < 4.78 is 13.6. The molecular weight excluding hydrogens is 413 g/mol. The number of hydrogen-bond acceptors (Lipinski definition) is 5. The van der Waals surface area contributed by atoms with E-state index in [-0.39, 0.29) is 5.02 Å². The molecule has 3 aromatic rings. The van der Waals surface area contributed by atoms with Crippen LogP contribution in [0.2, 0.25) is 5.02 Å². The van der Waals surface area contributed by atoms with Gasteiger partial charge >= 0.3 is 0 Å². The first-order valence-corrected chi connectivity index (χ1v) is 11.4. The van der Waals surface area contributed by atoms with Crippen molar-refractivity contribution in [1.82, 2.24) is 9.97 Å². The highest BCUT2D eigenvalue weighted by Gasteiger charge is 2.29. The number of fused-ring (bicyclic) bond motifs is 1. The Balaban J connectivity index is 1.52. The minimum absolute atomic E-state index is 0.0634. The average molecular weight is 440 g/mol. The van der Waals surface area contributed by atoms with Crippen LogP contribution in [0, 0.1) is 17.7 Å². The molecule has 4 N–H and O–H groups in total. The molecule has 0 saturated heterocycles. The van der Waals surface area contributed by atoms with Crippen LogP contribution >= 0.6 is 11.6 Å². The van der Waals surface area contributed by atoms with E-state index in [1.165, 1.54) is 24.5 Å². The van der Waals surface area contributed by atoms with Crippen molar-refractivity contribution < 1.29 is 4.39 Å². The first kappa shape index (κ1) is 20.5. The van der Waals surface area contributed by atoms with Gasteiger partial charge in [-0.25, -0.2) is 9.37 Å². The van der Waals surface area contributed by atoms with Crippen molar-refractivity contribution in [3.05, 3.63) is 52.8 Å². The maximum Gasteiger partial charge on any atom is 0.229 e. The number of nitrogens with one attached hydrogen (secondary N) is 2. The molecule has 1 atom stereocenters. The van der Waals surface area contributed by atoms with Gasteiger partial charge < -0.3 is 16.4 Å². The van der Waals surface area contributed by atoms with Gasteiger partial charge in [0.25, 0.3) is 0 Å². The quantitative estimate of drug-likeness (QED) is 0.443. The van der Waals surface area contributed by atoms with Crippen molar-refractivity contribution in [3.63, 3.8) is 0 Å². The molecule has 0 bridgehead atoms. The molecule has 0 spiro atoms. The SMILES string of the molecule is C[C@@H](Nc1nc(Nc2ccc(F)c(Cl)c2)nc2c(CC3CC(N)C3)cccc12)C1CC1. The highest BCUT2D eigenvalue weighted by atomic mass is 35.5. The Morgan fingerprint density at radius 2 is 2.00 bits per heavy atom. The molecule has 31 heavy (non-hydrogen) atoms. The highest BCUT2D eigenvalue weighted by molar-refractivity contribution is 6.31. The van der Waals surface area contributed by atoms with E-state index >= 15 is 0 Å². The van der Waals surface area contributed by atoms with Gasteiger partial charge in [0.15, 0.2) is 0 Å². The number of anilines is 3. The number of nitrogens with two attached hydrogens (primary N) is 1. The summed E-state index contributed by atoms with van der Waals surface area (Å²) in [5, 5.41) is 7.90. The fourth-order valence-corrected chi connectivity index (χ4v) is 4.62. The number of rotatable bonds is 7. The summed E-state index contributed by atoms with van der Waals surface area (Å²) in [6.45, 7) is 2.21. The lowest BCUT2D eigenvalue weighted by Gasteiger charge is -2.32. The van der Waals surface area contributed by atoms with E-state index in [1.807, 2.05) is 0 Å². The van der Waals surface area contributed by atoms with Gasteiger partial charge in [0.1, 0.15) is 11.6 Å². The second-order valence-electron chi connectivity index (χ2n) is 9.04. The van der Waals surface area contributed by atoms with Crippen LogP contribution in [0.3, 0.4) is 0 Å². The smallest absolute Gasteiger partial charge is 0.229 e. The molecule has 1 aromatic heterocycles. The molecule has 0 aliphatic heterocycles. The van der Waals surface area contributed by atoms with E-state index in [0.29, 0.717) is 35.6 Å². The largest absolute Gasteiger partial charge is 0.367 e. The Bertz CT molecular complexity index is 1110. The van der Waals surface area contributed by atoms with Crippen molar-refractivity contribution in [2.24, 2.45) is 17.6 Å². The van der Waals surface area contributed by atoms with Crippen LogP contribution in [0.1, 0.15) is 38.2 Å². The Morgan fingerprint density at radius 3 is 2.71 bits per heavy atom. The molecule has 2 saturated carbocycles.